The summed E-state index contributed by atoms with van der Waals surface area (Å²) in [5.74, 6) is 0.740. The minimum absolute atomic E-state index is 0.00439. The van der Waals surface area contributed by atoms with E-state index in [1.165, 1.54) is 24.0 Å². The van der Waals surface area contributed by atoms with Crippen molar-refractivity contribution >= 4 is 17.3 Å². The molecule has 1 aromatic heterocycles. The normalized spacial score (nSPS) is 13.1. The van der Waals surface area contributed by atoms with E-state index >= 15 is 0 Å². The second-order valence-electron chi connectivity index (χ2n) is 6.65. The molecule has 5 nitrogen and oxygen atoms in total. The van der Waals surface area contributed by atoms with Gasteiger partial charge in [-0.15, -0.1) is 0 Å². The first kappa shape index (κ1) is 17.3. The monoisotopic (exact) mass is 339 g/mol. The van der Waals surface area contributed by atoms with Crippen LogP contribution in [-0.4, -0.2) is 37.0 Å². The average Bonchev–Trinajstić information content (AvgIpc) is 2.63. The maximum Gasteiger partial charge on any atom is 0.253 e. The maximum atomic E-state index is 12.2. The number of amides is 1. The molecule has 25 heavy (non-hydrogen) atoms. The Balaban J connectivity index is 1.99. The molecule has 1 amide bonds. The molecule has 0 saturated heterocycles. The molecule has 1 N–H and O–H groups in total. The molecule has 132 valence electrons. The first-order valence-corrected chi connectivity index (χ1v) is 8.66. The highest BCUT2D eigenvalue weighted by Gasteiger charge is 2.21. The summed E-state index contributed by atoms with van der Waals surface area (Å²) in [6.45, 7) is 1.99. The second kappa shape index (κ2) is 7.13. The predicted molar refractivity (Wildman–Crippen MR) is 99.9 cm³/mol. The fraction of sp³-hybridized carbons (Fsp3) is 0.400. The van der Waals surface area contributed by atoms with Gasteiger partial charge in [-0.25, -0.2) is 4.98 Å². The van der Waals surface area contributed by atoms with E-state index in [-0.39, 0.29) is 5.91 Å². The Morgan fingerprint density at radius 2 is 1.92 bits per heavy atom. The SMILES string of the molecule is COc1nc(C)c(Nc2cccc(C(=O)N(C)C)c2)c2c1CCCC2. The number of anilines is 2. The minimum atomic E-state index is -0.00439. The molecule has 5 heteroatoms. The highest BCUT2D eigenvalue weighted by molar-refractivity contribution is 5.95. The number of aryl methyl sites for hydroxylation is 1. The predicted octanol–water partition coefficient (Wildman–Crippen LogP) is 3.72. The summed E-state index contributed by atoms with van der Waals surface area (Å²) in [7, 11) is 5.20. The number of ether oxygens (including phenoxy) is 1. The third kappa shape index (κ3) is 3.45. The number of pyridine rings is 1. The van der Waals surface area contributed by atoms with Gasteiger partial charge in [0.15, 0.2) is 0 Å². The fourth-order valence-corrected chi connectivity index (χ4v) is 3.38. The molecule has 1 heterocycles. The number of hydrogen-bond donors (Lipinski definition) is 1. The van der Waals surface area contributed by atoms with Crippen molar-refractivity contribution < 1.29 is 9.53 Å². The van der Waals surface area contributed by atoms with Crippen molar-refractivity contribution in [2.45, 2.75) is 32.6 Å². The van der Waals surface area contributed by atoms with Gasteiger partial charge >= 0.3 is 0 Å². The number of carbonyl (C=O) groups is 1. The summed E-state index contributed by atoms with van der Waals surface area (Å²) in [6.07, 6.45) is 4.36. The molecule has 0 atom stereocenters. The van der Waals surface area contributed by atoms with Gasteiger partial charge in [0.1, 0.15) is 0 Å². The summed E-state index contributed by atoms with van der Waals surface area (Å²) in [4.78, 5) is 18.4. The van der Waals surface area contributed by atoms with Crippen LogP contribution in [0.5, 0.6) is 5.88 Å². The Kier molecular flexibility index (Phi) is 4.93. The van der Waals surface area contributed by atoms with Gasteiger partial charge in [-0.1, -0.05) is 6.07 Å². The molecule has 1 aliphatic carbocycles. The topological polar surface area (TPSA) is 54.5 Å². The number of carbonyl (C=O) groups excluding carboxylic acids is 1. The standard InChI is InChI=1S/C20H25N3O2/c1-13-18(16-10-5-6-11-17(16)19(21-13)25-4)22-15-9-7-8-14(12-15)20(24)23(2)3/h7-9,12,22H,5-6,10-11H2,1-4H3. The van der Waals surface area contributed by atoms with E-state index in [2.05, 4.69) is 10.3 Å². The number of nitrogens with zero attached hydrogens (tertiary/aromatic N) is 2. The van der Waals surface area contributed by atoms with E-state index in [1.54, 1.807) is 26.1 Å². The smallest absolute Gasteiger partial charge is 0.253 e. The average molecular weight is 339 g/mol. The number of aromatic nitrogens is 1. The zero-order valence-corrected chi connectivity index (χ0v) is 15.3. The summed E-state index contributed by atoms with van der Waals surface area (Å²) < 4.78 is 5.49. The molecule has 1 aromatic carbocycles. The quantitative estimate of drug-likeness (QED) is 0.922. The van der Waals surface area contributed by atoms with Crippen molar-refractivity contribution in [3.63, 3.8) is 0 Å². The van der Waals surface area contributed by atoms with Crippen LogP contribution in [0.4, 0.5) is 11.4 Å². The van der Waals surface area contributed by atoms with Crippen molar-refractivity contribution in [1.82, 2.24) is 9.88 Å². The van der Waals surface area contributed by atoms with Gasteiger partial charge in [-0.05, 0) is 56.4 Å². The highest BCUT2D eigenvalue weighted by atomic mass is 16.5. The number of methoxy groups -OCH3 is 1. The van der Waals surface area contributed by atoms with E-state index in [0.717, 1.165) is 35.8 Å². The van der Waals surface area contributed by atoms with E-state index in [4.69, 9.17) is 4.74 Å². The van der Waals surface area contributed by atoms with Crippen molar-refractivity contribution in [3.8, 4) is 5.88 Å². The molecular weight excluding hydrogens is 314 g/mol. The van der Waals surface area contributed by atoms with E-state index in [0.29, 0.717) is 5.56 Å². The lowest BCUT2D eigenvalue weighted by atomic mass is 9.90. The van der Waals surface area contributed by atoms with Crippen LogP contribution < -0.4 is 10.1 Å². The van der Waals surface area contributed by atoms with Crippen molar-refractivity contribution in [1.29, 1.82) is 0 Å². The zero-order valence-electron chi connectivity index (χ0n) is 15.3. The first-order valence-electron chi connectivity index (χ1n) is 8.66. The fourth-order valence-electron chi connectivity index (χ4n) is 3.38. The molecule has 0 aliphatic heterocycles. The van der Waals surface area contributed by atoms with Gasteiger partial charge < -0.3 is 15.0 Å². The Morgan fingerprint density at radius 3 is 2.60 bits per heavy atom. The molecule has 2 aromatic rings. The summed E-state index contributed by atoms with van der Waals surface area (Å²) >= 11 is 0. The molecule has 0 fully saturated rings. The lowest BCUT2D eigenvalue weighted by Crippen LogP contribution is -2.21. The van der Waals surface area contributed by atoms with Crippen molar-refractivity contribution in [3.05, 3.63) is 46.6 Å². The zero-order chi connectivity index (χ0) is 18.0. The largest absolute Gasteiger partial charge is 0.481 e. The molecule has 0 radical (unpaired) electrons. The molecule has 3 rings (SSSR count). The molecule has 0 bridgehead atoms. The van der Waals surface area contributed by atoms with Crippen LogP contribution >= 0.6 is 0 Å². The Bertz CT molecular complexity index is 800. The first-order chi connectivity index (χ1) is 12.0. The van der Waals surface area contributed by atoms with Crippen molar-refractivity contribution in [2.75, 3.05) is 26.5 Å². The Labute approximate surface area is 149 Å². The van der Waals surface area contributed by atoms with E-state index in [9.17, 15) is 4.79 Å². The lowest BCUT2D eigenvalue weighted by molar-refractivity contribution is 0.0827. The van der Waals surface area contributed by atoms with Gasteiger partial charge in [-0.3, -0.25) is 4.79 Å². The van der Waals surface area contributed by atoms with Gasteiger partial charge in [0.05, 0.1) is 18.5 Å². The van der Waals surface area contributed by atoms with Crippen LogP contribution in [0, 0.1) is 6.92 Å². The van der Waals surface area contributed by atoms with Gasteiger partial charge in [-0.2, -0.15) is 0 Å². The number of rotatable bonds is 4. The Hall–Kier alpha value is -2.56. The van der Waals surface area contributed by atoms with Crippen LogP contribution in [0.25, 0.3) is 0 Å². The maximum absolute atomic E-state index is 12.2. The summed E-state index contributed by atoms with van der Waals surface area (Å²) in [5, 5.41) is 3.50. The van der Waals surface area contributed by atoms with Crippen molar-refractivity contribution in [2.24, 2.45) is 0 Å². The highest BCUT2D eigenvalue weighted by Crippen LogP contribution is 2.36. The second-order valence-corrected chi connectivity index (χ2v) is 6.65. The Morgan fingerprint density at radius 1 is 1.20 bits per heavy atom. The lowest BCUT2D eigenvalue weighted by Gasteiger charge is -2.23. The van der Waals surface area contributed by atoms with Gasteiger partial charge in [0, 0.05) is 30.9 Å². The van der Waals surface area contributed by atoms with Gasteiger partial charge in [0.25, 0.3) is 5.91 Å². The number of hydrogen-bond acceptors (Lipinski definition) is 4. The third-order valence-corrected chi connectivity index (χ3v) is 4.64. The summed E-state index contributed by atoms with van der Waals surface area (Å²) in [6, 6.07) is 7.60. The van der Waals surface area contributed by atoms with Gasteiger partial charge in [0.2, 0.25) is 5.88 Å². The van der Waals surface area contributed by atoms with Crippen LogP contribution in [-0.2, 0) is 12.8 Å². The van der Waals surface area contributed by atoms with E-state index < -0.39 is 0 Å². The minimum Gasteiger partial charge on any atom is -0.481 e. The molecule has 0 saturated carbocycles. The third-order valence-electron chi connectivity index (χ3n) is 4.64. The van der Waals surface area contributed by atoms with Crippen LogP contribution in [0.1, 0.15) is 40.0 Å². The number of benzene rings is 1. The molecule has 0 unspecified atom stereocenters. The molecular formula is C20H25N3O2. The summed E-state index contributed by atoms with van der Waals surface area (Å²) in [5.41, 5.74) is 6.03. The molecule has 0 spiro atoms. The number of nitrogens with one attached hydrogen (secondary N) is 1. The molecule has 1 aliphatic rings. The van der Waals surface area contributed by atoms with E-state index in [1.807, 2.05) is 31.2 Å². The van der Waals surface area contributed by atoms with Crippen LogP contribution in [0.15, 0.2) is 24.3 Å². The number of fused-ring (bicyclic) bond motifs is 1. The van der Waals surface area contributed by atoms with Crippen LogP contribution in [0.2, 0.25) is 0 Å². The van der Waals surface area contributed by atoms with Crippen LogP contribution in [0.3, 0.4) is 0 Å².